The monoisotopic (exact) mass is 294 g/mol. The van der Waals surface area contributed by atoms with Crippen LogP contribution in [-0.4, -0.2) is 33.7 Å². The lowest BCUT2D eigenvalue weighted by molar-refractivity contribution is 0.0634. The fraction of sp³-hybridized carbons (Fsp3) is 0.118. The van der Waals surface area contributed by atoms with Gasteiger partial charge in [-0.3, -0.25) is 14.5 Å². The molecule has 2 aromatic rings. The first kappa shape index (κ1) is 14.0. The number of oxime groups is 1. The summed E-state index contributed by atoms with van der Waals surface area (Å²) < 4.78 is 0. The van der Waals surface area contributed by atoms with Gasteiger partial charge in [0.1, 0.15) is 5.71 Å². The Morgan fingerprint density at radius 3 is 1.95 bits per heavy atom. The highest BCUT2D eigenvalue weighted by atomic mass is 16.4. The Labute approximate surface area is 127 Å². The second-order valence-electron chi connectivity index (χ2n) is 5.05. The Morgan fingerprint density at radius 2 is 1.45 bits per heavy atom. The maximum absolute atomic E-state index is 12.5. The van der Waals surface area contributed by atoms with Crippen LogP contribution in [0.15, 0.2) is 59.8 Å². The van der Waals surface area contributed by atoms with Gasteiger partial charge in [0.2, 0.25) is 0 Å². The minimum atomic E-state index is -0.667. The maximum Gasteiger partial charge on any atom is 0.262 e. The Bertz CT molecular complexity index is 733. The number of imide groups is 1. The van der Waals surface area contributed by atoms with E-state index in [0.717, 1.165) is 4.90 Å². The number of nitrogens with zero attached hydrogens (tertiary/aromatic N) is 2. The van der Waals surface area contributed by atoms with Crippen molar-refractivity contribution in [1.82, 2.24) is 4.90 Å². The van der Waals surface area contributed by atoms with Gasteiger partial charge in [-0.2, -0.15) is 0 Å². The van der Waals surface area contributed by atoms with Crippen LogP contribution in [0.3, 0.4) is 0 Å². The highest BCUT2D eigenvalue weighted by molar-refractivity contribution is 6.24. The van der Waals surface area contributed by atoms with Crippen molar-refractivity contribution in [2.24, 2.45) is 5.16 Å². The molecule has 1 unspecified atom stereocenters. The Hall–Kier alpha value is -2.95. The third-order valence-corrected chi connectivity index (χ3v) is 3.79. The number of hydrogen-bond donors (Lipinski definition) is 1. The molecule has 1 N–H and O–H groups in total. The van der Waals surface area contributed by atoms with E-state index >= 15 is 0 Å². The molecule has 0 bridgehead atoms. The van der Waals surface area contributed by atoms with Crippen molar-refractivity contribution in [3.63, 3.8) is 0 Å². The molecule has 110 valence electrons. The fourth-order valence-corrected chi connectivity index (χ4v) is 2.67. The van der Waals surface area contributed by atoms with Gasteiger partial charge in [-0.1, -0.05) is 47.6 Å². The van der Waals surface area contributed by atoms with Gasteiger partial charge >= 0.3 is 0 Å². The minimum Gasteiger partial charge on any atom is -0.411 e. The molecule has 0 radical (unpaired) electrons. The van der Waals surface area contributed by atoms with Crippen molar-refractivity contribution in [3.8, 4) is 0 Å². The van der Waals surface area contributed by atoms with Crippen LogP contribution < -0.4 is 0 Å². The molecule has 0 aromatic heterocycles. The molecule has 0 saturated carbocycles. The molecule has 1 aliphatic rings. The van der Waals surface area contributed by atoms with E-state index in [1.807, 2.05) is 6.07 Å². The Kier molecular flexibility index (Phi) is 3.47. The van der Waals surface area contributed by atoms with Gasteiger partial charge in [0.15, 0.2) is 0 Å². The highest BCUT2D eigenvalue weighted by Crippen LogP contribution is 2.25. The molecule has 1 aliphatic heterocycles. The first-order valence-corrected chi connectivity index (χ1v) is 6.89. The zero-order valence-electron chi connectivity index (χ0n) is 11.9. The lowest BCUT2D eigenvalue weighted by Crippen LogP contribution is -2.43. The van der Waals surface area contributed by atoms with Gasteiger partial charge in [-0.05, 0) is 19.1 Å². The van der Waals surface area contributed by atoms with E-state index in [1.165, 1.54) is 0 Å². The quantitative estimate of drug-likeness (QED) is 0.409. The predicted molar refractivity (Wildman–Crippen MR) is 81.2 cm³/mol. The van der Waals surface area contributed by atoms with Crippen molar-refractivity contribution in [1.29, 1.82) is 0 Å². The van der Waals surface area contributed by atoms with Crippen molar-refractivity contribution in [2.45, 2.75) is 13.0 Å². The minimum absolute atomic E-state index is 0.273. The second kappa shape index (κ2) is 5.44. The molecule has 1 atom stereocenters. The normalized spacial score (nSPS) is 15.9. The number of carbonyl (C=O) groups excluding carboxylic acids is 2. The summed E-state index contributed by atoms with van der Waals surface area (Å²) >= 11 is 0. The van der Waals surface area contributed by atoms with Crippen LogP contribution in [0.1, 0.15) is 33.2 Å². The lowest BCUT2D eigenvalue weighted by Gasteiger charge is -2.23. The number of fused-ring (bicyclic) bond motifs is 1. The van der Waals surface area contributed by atoms with Gasteiger partial charge < -0.3 is 5.21 Å². The SMILES string of the molecule is CC(/C(=N/O)c1ccccc1)N1C(=O)c2ccccc2C1=O. The third-order valence-electron chi connectivity index (χ3n) is 3.79. The molecular weight excluding hydrogens is 280 g/mol. The molecule has 5 nitrogen and oxygen atoms in total. The van der Waals surface area contributed by atoms with Crippen LogP contribution >= 0.6 is 0 Å². The molecule has 0 saturated heterocycles. The van der Waals surface area contributed by atoms with Crippen LogP contribution in [0, 0.1) is 0 Å². The van der Waals surface area contributed by atoms with Crippen LogP contribution in [0.5, 0.6) is 0 Å². The highest BCUT2D eigenvalue weighted by Gasteiger charge is 2.40. The molecule has 2 amide bonds. The molecule has 0 spiro atoms. The van der Waals surface area contributed by atoms with Crippen molar-refractivity contribution < 1.29 is 14.8 Å². The number of rotatable bonds is 3. The van der Waals surface area contributed by atoms with E-state index in [9.17, 15) is 14.8 Å². The van der Waals surface area contributed by atoms with Gasteiger partial charge in [-0.15, -0.1) is 0 Å². The van der Waals surface area contributed by atoms with Crippen LogP contribution in [0.25, 0.3) is 0 Å². The van der Waals surface area contributed by atoms with Gasteiger partial charge in [0, 0.05) is 5.56 Å². The Balaban J connectivity index is 1.98. The van der Waals surface area contributed by atoms with E-state index in [-0.39, 0.29) is 17.5 Å². The Morgan fingerprint density at radius 1 is 0.955 bits per heavy atom. The van der Waals surface area contributed by atoms with E-state index < -0.39 is 6.04 Å². The number of hydrogen-bond acceptors (Lipinski definition) is 4. The largest absolute Gasteiger partial charge is 0.411 e. The number of carbonyl (C=O) groups is 2. The summed E-state index contributed by atoms with van der Waals surface area (Å²) in [5.74, 6) is -0.740. The smallest absolute Gasteiger partial charge is 0.262 e. The third kappa shape index (κ3) is 2.07. The van der Waals surface area contributed by atoms with Crippen molar-refractivity contribution in [3.05, 3.63) is 71.3 Å². The van der Waals surface area contributed by atoms with Crippen LogP contribution in [0.4, 0.5) is 0 Å². The van der Waals surface area contributed by atoms with Crippen molar-refractivity contribution >= 4 is 17.5 Å². The first-order valence-electron chi connectivity index (χ1n) is 6.89. The van der Waals surface area contributed by atoms with E-state index in [1.54, 1.807) is 55.5 Å². The predicted octanol–water partition coefficient (Wildman–Crippen LogP) is 2.55. The summed E-state index contributed by atoms with van der Waals surface area (Å²) in [6, 6.07) is 15.0. The molecule has 0 aliphatic carbocycles. The van der Waals surface area contributed by atoms with E-state index in [2.05, 4.69) is 5.16 Å². The van der Waals surface area contributed by atoms with Crippen LogP contribution in [0.2, 0.25) is 0 Å². The lowest BCUT2D eigenvalue weighted by atomic mass is 10.0. The standard InChI is InChI=1S/C17H14N2O3/c1-11(15(18-22)12-7-3-2-4-8-12)19-16(20)13-9-5-6-10-14(13)17(19)21/h2-11,22H,1H3/b18-15-. The average Bonchev–Trinajstić information content (AvgIpc) is 2.81. The number of benzene rings is 2. The van der Waals surface area contributed by atoms with Crippen LogP contribution in [-0.2, 0) is 0 Å². The summed E-state index contributed by atoms with van der Waals surface area (Å²) in [4.78, 5) is 26.1. The van der Waals surface area contributed by atoms with E-state index in [4.69, 9.17) is 0 Å². The number of amides is 2. The van der Waals surface area contributed by atoms with Gasteiger partial charge in [-0.25, -0.2) is 0 Å². The summed E-state index contributed by atoms with van der Waals surface area (Å²) in [5.41, 5.74) is 1.69. The molecule has 3 rings (SSSR count). The first-order chi connectivity index (χ1) is 10.6. The van der Waals surface area contributed by atoms with Gasteiger partial charge in [0.25, 0.3) is 11.8 Å². The molecule has 0 fully saturated rings. The molecule has 1 heterocycles. The summed E-state index contributed by atoms with van der Waals surface area (Å²) in [6.45, 7) is 1.67. The zero-order chi connectivity index (χ0) is 15.7. The van der Waals surface area contributed by atoms with E-state index in [0.29, 0.717) is 16.7 Å². The molecular formula is C17H14N2O3. The summed E-state index contributed by atoms with van der Waals surface area (Å²) in [7, 11) is 0. The average molecular weight is 294 g/mol. The van der Waals surface area contributed by atoms with Gasteiger partial charge in [0.05, 0.1) is 17.2 Å². The summed E-state index contributed by atoms with van der Waals surface area (Å²) in [5, 5.41) is 12.6. The summed E-state index contributed by atoms with van der Waals surface area (Å²) in [6.07, 6.45) is 0. The molecule has 5 heteroatoms. The fourth-order valence-electron chi connectivity index (χ4n) is 2.67. The molecule has 22 heavy (non-hydrogen) atoms. The second-order valence-corrected chi connectivity index (χ2v) is 5.05. The zero-order valence-corrected chi connectivity index (χ0v) is 11.9. The maximum atomic E-state index is 12.5. The topological polar surface area (TPSA) is 70.0 Å². The van der Waals surface area contributed by atoms with Crippen molar-refractivity contribution in [2.75, 3.05) is 0 Å². The molecule has 2 aromatic carbocycles.